The number of carbonyl (C=O) groups is 1. The van der Waals surface area contributed by atoms with E-state index in [1.807, 2.05) is 14.1 Å². The molecule has 0 aliphatic rings. The van der Waals surface area contributed by atoms with Gasteiger partial charge in [-0.05, 0) is 45.5 Å². The van der Waals surface area contributed by atoms with Crippen LogP contribution < -0.4 is 9.47 Å². The highest BCUT2D eigenvalue weighted by atomic mass is 16.5. The third-order valence-electron chi connectivity index (χ3n) is 3.38. The molecular weight excluding hydrogens is 310 g/mol. The maximum atomic E-state index is 11.8. The average Bonchev–Trinajstić information content (AvgIpc) is 2.58. The van der Waals surface area contributed by atoms with Gasteiger partial charge in [-0.15, -0.1) is 0 Å². The predicted octanol–water partition coefficient (Wildman–Crippen LogP) is 2.61. The lowest BCUT2D eigenvalue weighted by Gasteiger charge is -2.14. The predicted molar refractivity (Wildman–Crippen MR) is 93.1 cm³/mol. The second-order valence-corrected chi connectivity index (χ2v) is 5.70. The van der Waals surface area contributed by atoms with Crippen molar-refractivity contribution < 1.29 is 23.7 Å². The van der Waals surface area contributed by atoms with E-state index >= 15 is 0 Å². The number of nitrogens with zero attached hydrogens (tertiary/aromatic N) is 1. The van der Waals surface area contributed by atoms with Crippen LogP contribution >= 0.6 is 0 Å². The van der Waals surface area contributed by atoms with Gasteiger partial charge in [0.1, 0.15) is 17.1 Å². The number of esters is 1. The molecule has 136 valence electrons. The molecule has 0 saturated carbocycles. The molecule has 1 rings (SSSR count). The van der Waals surface area contributed by atoms with Gasteiger partial charge in [0.25, 0.3) is 0 Å². The molecule has 0 spiro atoms. The van der Waals surface area contributed by atoms with Gasteiger partial charge in [-0.25, -0.2) is 4.79 Å². The number of unbranched alkanes of at least 4 members (excludes halogenated alkanes) is 1. The molecule has 0 amide bonds. The molecule has 1 aromatic carbocycles. The monoisotopic (exact) mass is 339 g/mol. The zero-order valence-electron chi connectivity index (χ0n) is 15.2. The van der Waals surface area contributed by atoms with E-state index in [2.05, 4.69) is 4.90 Å². The molecule has 6 heteroatoms. The van der Waals surface area contributed by atoms with Crippen molar-refractivity contribution in [1.82, 2.24) is 4.90 Å². The molecule has 6 nitrogen and oxygen atoms in total. The molecule has 24 heavy (non-hydrogen) atoms. The number of carbonyl (C=O) groups excluding carboxylic acids is 1. The molecule has 0 atom stereocenters. The summed E-state index contributed by atoms with van der Waals surface area (Å²) >= 11 is 0. The summed E-state index contributed by atoms with van der Waals surface area (Å²) < 4.78 is 21.3. The van der Waals surface area contributed by atoms with Gasteiger partial charge >= 0.3 is 5.97 Å². The van der Waals surface area contributed by atoms with Gasteiger partial charge < -0.3 is 23.8 Å². The van der Waals surface area contributed by atoms with E-state index in [9.17, 15) is 4.79 Å². The van der Waals surface area contributed by atoms with Crippen LogP contribution in [0.1, 0.15) is 29.6 Å². The molecule has 0 fully saturated rings. The lowest BCUT2D eigenvalue weighted by Crippen LogP contribution is -2.15. The highest BCUT2D eigenvalue weighted by Crippen LogP contribution is 2.26. The van der Waals surface area contributed by atoms with E-state index in [0.29, 0.717) is 36.9 Å². The van der Waals surface area contributed by atoms with Crippen molar-refractivity contribution in [3.8, 4) is 11.5 Å². The van der Waals surface area contributed by atoms with Gasteiger partial charge in [-0.1, -0.05) is 0 Å². The van der Waals surface area contributed by atoms with Crippen LogP contribution in [0.15, 0.2) is 18.2 Å². The molecule has 0 bridgehead atoms. The fourth-order valence-corrected chi connectivity index (χ4v) is 2.09. The number of rotatable bonds is 12. The number of benzene rings is 1. The van der Waals surface area contributed by atoms with E-state index in [4.69, 9.17) is 18.9 Å². The van der Waals surface area contributed by atoms with Crippen LogP contribution in [0.5, 0.6) is 11.5 Å². The third-order valence-corrected chi connectivity index (χ3v) is 3.38. The van der Waals surface area contributed by atoms with Crippen LogP contribution in [-0.2, 0) is 9.47 Å². The first-order chi connectivity index (χ1) is 11.6. The summed E-state index contributed by atoms with van der Waals surface area (Å²) in [4.78, 5) is 14.0. The molecule has 0 N–H and O–H groups in total. The van der Waals surface area contributed by atoms with Crippen molar-refractivity contribution in [1.29, 1.82) is 0 Å². The van der Waals surface area contributed by atoms with Crippen molar-refractivity contribution in [2.45, 2.75) is 19.3 Å². The number of hydrogen-bond acceptors (Lipinski definition) is 6. The average molecular weight is 339 g/mol. The normalized spacial score (nSPS) is 10.7. The third kappa shape index (κ3) is 7.66. The summed E-state index contributed by atoms with van der Waals surface area (Å²) in [6.07, 6.45) is 2.69. The molecule has 0 heterocycles. The highest BCUT2D eigenvalue weighted by molar-refractivity contribution is 5.92. The molecular formula is C18H29NO5. The van der Waals surface area contributed by atoms with Crippen LogP contribution in [0.2, 0.25) is 0 Å². The van der Waals surface area contributed by atoms with Gasteiger partial charge in [0.05, 0.1) is 20.3 Å². The smallest absolute Gasteiger partial charge is 0.341 e. The minimum Gasteiger partial charge on any atom is -0.493 e. The standard InChI is InChI=1S/C18H29NO5/c1-19(2)10-7-13-23-15-8-9-16(18(20)22-4)17(14-15)24-12-6-5-11-21-3/h8-9,14H,5-7,10-13H2,1-4H3. The maximum Gasteiger partial charge on any atom is 0.341 e. The molecule has 0 aliphatic carbocycles. The van der Waals surface area contributed by atoms with Crippen LogP contribution in [0, 0.1) is 0 Å². The number of ether oxygens (including phenoxy) is 4. The van der Waals surface area contributed by atoms with Gasteiger partial charge in [0.2, 0.25) is 0 Å². The Balaban J connectivity index is 2.64. The Morgan fingerprint density at radius 2 is 1.71 bits per heavy atom. The van der Waals surface area contributed by atoms with Gasteiger partial charge in [-0.2, -0.15) is 0 Å². The first-order valence-electron chi connectivity index (χ1n) is 8.20. The second-order valence-electron chi connectivity index (χ2n) is 5.70. The van der Waals surface area contributed by atoms with Crippen molar-refractivity contribution >= 4 is 5.97 Å². The molecule has 0 unspecified atom stereocenters. The van der Waals surface area contributed by atoms with Crippen molar-refractivity contribution in [3.63, 3.8) is 0 Å². The Bertz CT molecular complexity index is 490. The summed E-state index contributed by atoms with van der Waals surface area (Å²) in [5.41, 5.74) is 0.407. The molecule has 1 aromatic rings. The largest absolute Gasteiger partial charge is 0.493 e. The van der Waals surface area contributed by atoms with Crippen LogP contribution in [0.25, 0.3) is 0 Å². The highest BCUT2D eigenvalue weighted by Gasteiger charge is 2.14. The molecule has 0 aliphatic heterocycles. The maximum absolute atomic E-state index is 11.8. The van der Waals surface area contributed by atoms with E-state index in [0.717, 1.165) is 25.8 Å². The SMILES string of the molecule is COCCCCOc1cc(OCCCN(C)C)ccc1C(=O)OC. The van der Waals surface area contributed by atoms with E-state index in [1.165, 1.54) is 7.11 Å². The Hall–Kier alpha value is -1.79. The van der Waals surface area contributed by atoms with Crippen molar-refractivity contribution in [2.24, 2.45) is 0 Å². The zero-order chi connectivity index (χ0) is 17.8. The summed E-state index contributed by atoms with van der Waals surface area (Å²) in [7, 11) is 7.09. The number of methoxy groups -OCH3 is 2. The van der Waals surface area contributed by atoms with Crippen LogP contribution in [0.4, 0.5) is 0 Å². The van der Waals surface area contributed by atoms with Crippen LogP contribution in [0.3, 0.4) is 0 Å². The van der Waals surface area contributed by atoms with E-state index in [-0.39, 0.29) is 0 Å². The summed E-state index contributed by atoms with van der Waals surface area (Å²) in [5, 5.41) is 0. The Morgan fingerprint density at radius 1 is 1.00 bits per heavy atom. The summed E-state index contributed by atoms with van der Waals surface area (Å²) in [5.74, 6) is 0.763. The van der Waals surface area contributed by atoms with E-state index < -0.39 is 5.97 Å². The molecule has 0 aromatic heterocycles. The Kier molecular flexibility index (Phi) is 9.88. The first kappa shape index (κ1) is 20.3. The van der Waals surface area contributed by atoms with Crippen molar-refractivity contribution in [3.05, 3.63) is 23.8 Å². The summed E-state index contributed by atoms with van der Waals surface area (Å²) in [6.45, 7) is 2.78. The lowest BCUT2D eigenvalue weighted by atomic mass is 10.2. The Labute approximate surface area is 144 Å². The topological polar surface area (TPSA) is 57.2 Å². The lowest BCUT2D eigenvalue weighted by molar-refractivity contribution is 0.0595. The van der Waals surface area contributed by atoms with Gasteiger partial charge in [-0.3, -0.25) is 0 Å². The van der Waals surface area contributed by atoms with Crippen LogP contribution in [-0.4, -0.2) is 65.5 Å². The van der Waals surface area contributed by atoms with Crippen molar-refractivity contribution in [2.75, 3.05) is 54.7 Å². The van der Waals surface area contributed by atoms with Gasteiger partial charge in [0.15, 0.2) is 0 Å². The minimum absolute atomic E-state index is 0.407. The first-order valence-corrected chi connectivity index (χ1v) is 8.20. The fraction of sp³-hybridized carbons (Fsp3) is 0.611. The zero-order valence-corrected chi connectivity index (χ0v) is 15.2. The molecule has 0 radical (unpaired) electrons. The second kappa shape index (κ2) is 11.7. The fourth-order valence-electron chi connectivity index (χ4n) is 2.09. The summed E-state index contributed by atoms with van der Waals surface area (Å²) in [6, 6.07) is 5.19. The van der Waals surface area contributed by atoms with Gasteiger partial charge in [0, 0.05) is 26.3 Å². The number of hydrogen-bond donors (Lipinski definition) is 0. The van der Waals surface area contributed by atoms with E-state index in [1.54, 1.807) is 25.3 Å². The molecule has 0 saturated heterocycles. The quantitative estimate of drug-likeness (QED) is 0.431. The Morgan fingerprint density at radius 3 is 2.38 bits per heavy atom. The minimum atomic E-state index is -0.416.